The van der Waals surface area contributed by atoms with Crippen LogP contribution in [0.3, 0.4) is 0 Å². The molecule has 0 aliphatic carbocycles. The van der Waals surface area contributed by atoms with Gasteiger partial charge >= 0.3 is 53.6 Å². The Morgan fingerprint density at radius 2 is 1.33 bits per heavy atom. The molecule has 0 spiro atoms. The minimum Gasteiger partial charge on any atom is -1.00 e. The van der Waals surface area contributed by atoms with Gasteiger partial charge in [0.15, 0.2) is 0 Å². The molecule has 0 aliphatic heterocycles. The van der Waals surface area contributed by atoms with Crippen molar-refractivity contribution in [3.63, 3.8) is 0 Å². The van der Waals surface area contributed by atoms with E-state index in [4.69, 9.17) is 16.0 Å². The first-order chi connectivity index (χ1) is 2.00. The van der Waals surface area contributed by atoms with Gasteiger partial charge in [-0.25, -0.2) is 0 Å². The number of hydrogen-bond acceptors (Lipinski definition) is 1. The van der Waals surface area contributed by atoms with Crippen molar-refractivity contribution < 1.29 is 18.9 Å². The predicted octanol–water partition coefficient (Wildman–Crippen LogP) is -2.33. The van der Waals surface area contributed by atoms with Crippen LogP contribution in [0.15, 0.2) is 0 Å². The Kier molecular flexibility index (Phi) is 5.15. The van der Waals surface area contributed by atoms with Gasteiger partial charge in [0.2, 0.25) is 0 Å². The average molecular weight is 168 g/mol. The molecule has 0 bridgehead atoms. The summed E-state index contributed by atoms with van der Waals surface area (Å²) in [7, 11) is 0. The summed E-state index contributed by atoms with van der Waals surface area (Å²) in [6.45, 7) is 0. The first-order valence-electron chi connectivity index (χ1n) is 0.783. The molecule has 4 nitrogen and oxygen atoms in total. The molecule has 36 valence electrons. The van der Waals surface area contributed by atoms with Gasteiger partial charge in [-0.3, -0.25) is 0 Å². The molecule has 6 heteroatoms. The van der Waals surface area contributed by atoms with Gasteiger partial charge in [0.05, 0.1) is 0 Å². The van der Waals surface area contributed by atoms with Gasteiger partial charge in [0.25, 0.3) is 0 Å². The van der Waals surface area contributed by atoms with Crippen molar-refractivity contribution in [2.45, 2.75) is 0 Å². The smallest absolute Gasteiger partial charge is 1.00 e. The molecule has 0 aromatic rings. The Hall–Kier alpha value is 1.00. The van der Waals surface area contributed by atoms with E-state index in [2.05, 4.69) is 0 Å². The van der Waals surface area contributed by atoms with Gasteiger partial charge in [-0.2, -0.15) is 0 Å². The van der Waals surface area contributed by atoms with Crippen LogP contribution in [-0.4, -0.2) is 49.9 Å². The zero-order chi connectivity index (χ0) is 4.50. The second-order valence-electron chi connectivity index (χ2n) is 0.513. The summed E-state index contributed by atoms with van der Waals surface area (Å²) in [6.07, 6.45) is 0. The Morgan fingerprint density at radius 1 is 1.33 bits per heavy atom. The number of hydrogen-bond donors (Lipinski definition) is 3. The summed E-state index contributed by atoms with van der Waals surface area (Å²) in [5.41, 5.74) is 0. The van der Waals surface area contributed by atoms with Crippen molar-refractivity contribution in [3.8, 4) is 0 Å². The van der Waals surface area contributed by atoms with Crippen LogP contribution in [0.4, 0.5) is 0 Å². The van der Waals surface area contributed by atoms with Crippen molar-refractivity contribution in [1.82, 2.24) is 0 Å². The molecule has 6 heavy (non-hydrogen) atoms. The fourth-order valence-corrected chi connectivity index (χ4v) is 0. The van der Waals surface area contributed by atoms with Crippen LogP contribution >= 0.6 is 0 Å². The van der Waals surface area contributed by atoms with Crippen molar-refractivity contribution in [1.29, 1.82) is 0 Å². The third kappa shape index (κ3) is 79.5. The molecule has 0 atom stereocenters. The topological polar surface area (TPSA) is 77.8 Å². The van der Waals surface area contributed by atoms with Gasteiger partial charge < -0.3 is 2.85 Å². The predicted molar refractivity (Wildman–Crippen MR) is 21.1 cm³/mol. The average Bonchev–Trinajstić information content (AvgIpc) is 0.722. The summed E-state index contributed by atoms with van der Waals surface area (Å²) >= 11 is -5.12. The van der Waals surface area contributed by atoms with Crippen LogP contribution in [-0.2, 0) is 3.74 Å². The second-order valence-corrected chi connectivity index (χ2v) is 2.67. The van der Waals surface area contributed by atoms with E-state index in [1.807, 2.05) is 0 Å². The molecule has 0 unspecified atom stereocenters. The Balaban J connectivity index is -0.0000000267. The SMILES string of the molecule is O=[As](O)(O)O.[H-].[H-].[Mg+2]. The zero-order valence-electron chi connectivity index (χ0n) is 4.90. The molecule has 3 N–H and O–H groups in total. The van der Waals surface area contributed by atoms with Crippen LogP contribution in [0.1, 0.15) is 2.85 Å². The minimum atomic E-state index is -5.12. The zero-order valence-corrected chi connectivity index (χ0v) is 6.19. The molecular formula is H5AsMgO4. The van der Waals surface area contributed by atoms with Gasteiger partial charge in [0, 0.05) is 0 Å². The van der Waals surface area contributed by atoms with E-state index in [1.165, 1.54) is 0 Å². The molecule has 0 saturated carbocycles. The second kappa shape index (κ2) is 3.07. The molecule has 0 radical (unpaired) electrons. The van der Waals surface area contributed by atoms with E-state index in [9.17, 15) is 0 Å². The maximum Gasteiger partial charge on any atom is 2.00 e. The molecule has 0 aromatic heterocycles. The standard InChI is InChI=1S/AsH3O4.Mg.2H/c2-1(3,4)5;;;/h(H3,2,3,4,5);;;/q;+2;2*-1. The third-order valence-corrected chi connectivity index (χ3v) is 0. The van der Waals surface area contributed by atoms with Gasteiger partial charge in [-0.1, -0.05) is 0 Å². The van der Waals surface area contributed by atoms with Crippen LogP contribution in [0.25, 0.3) is 0 Å². The van der Waals surface area contributed by atoms with Gasteiger partial charge in [-0.05, 0) is 0 Å². The van der Waals surface area contributed by atoms with Crippen LogP contribution < -0.4 is 0 Å². The van der Waals surface area contributed by atoms with Crippen LogP contribution in [0.5, 0.6) is 0 Å². The van der Waals surface area contributed by atoms with Gasteiger partial charge in [0.1, 0.15) is 0 Å². The monoisotopic (exact) mass is 168 g/mol. The van der Waals surface area contributed by atoms with E-state index < -0.39 is 14.5 Å². The molecule has 0 amide bonds. The Bertz CT molecular complexity index is 60.2. The first-order valence-corrected chi connectivity index (χ1v) is 4.07. The summed E-state index contributed by atoms with van der Waals surface area (Å²) in [5.74, 6) is 0. The summed E-state index contributed by atoms with van der Waals surface area (Å²) in [6, 6.07) is 0. The van der Waals surface area contributed by atoms with Crippen molar-refractivity contribution in [2.24, 2.45) is 0 Å². The van der Waals surface area contributed by atoms with E-state index >= 15 is 0 Å². The fourth-order valence-electron chi connectivity index (χ4n) is 0. The fraction of sp³-hybridized carbons (Fsp3) is 0. The van der Waals surface area contributed by atoms with E-state index in [1.54, 1.807) is 0 Å². The molecular weight excluding hydrogens is 163 g/mol. The van der Waals surface area contributed by atoms with Crippen molar-refractivity contribution in [3.05, 3.63) is 0 Å². The van der Waals surface area contributed by atoms with E-state index in [0.29, 0.717) is 0 Å². The van der Waals surface area contributed by atoms with Crippen LogP contribution in [0.2, 0.25) is 0 Å². The van der Waals surface area contributed by atoms with Crippen molar-refractivity contribution in [2.75, 3.05) is 0 Å². The molecule has 0 aromatic carbocycles. The first kappa shape index (κ1) is 10.1. The quantitative estimate of drug-likeness (QED) is 0.355. The molecule has 0 heterocycles. The van der Waals surface area contributed by atoms with Gasteiger partial charge in [-0.15, -0.1) is 0 Å². The summed E-state index contributed by atoms with van der Waals surface area (Å²) in [5, 5.41) is 0. The Labute approximate surface area is 56.6 Å². The molecule has 0 fully saturated rings. The minimum absolute atomic E-state index is 0. The summed E-state index contributed by atoms with van der Waals surface area (Å²) in [4.78, 5) is 0. The molecule has 0 rings (SSSR count). The largest absolute Gasteiger partial charge is 2.00 e. The molecule has 0 saturated heterocycles. The Morgan fingerprint density at radius 3 is 1.33 bits per heavy atom. The summed E-state index contributed by atoms with van der Waals surface area (Å²) < 4.78 is 30.7. The van der Waals surface area contributed by atoms with E-state index in [-0.39, 0.29) is 25.9 Å². The van der Waals surface area contributed by atoms with E-state index in [0.717, 1.165) is 0 Å². The normalized spacial score (nSPS) is 9.83. The maximum atomic E-state index is 8.94. The number of rotatable bonds is 0. The third-order valence-electron chi connectivity index (χ3n) is 0. The van der Waals surface area contributed by atoms with Crippen molar-refractivity contribution >= 4 is 37.6 Å². The molecule has 0 aliphatic rings. The van der Waals surface area contributed by atoms with Crippen LogP contribution in [0, 0.1) is 0 Å². The maximum absolute atomic E-state index is 8.94.